The fraction of sp³-hybridized carbons (Fsp3) is 0.364. The van der Waals surface area contributed by atoms with Crippen molar-refractivity contribution in [2.45, 2.75) is 19.3 Å². The van der Waals surface area contributed by atoms with Gasteiger partial charge in [0.05, 0.1) is 11.9 Å². The number of carbonyl (C=O) groups is 2. The van der Waals surface area contributed by atoms with Crippen LogP contribution in [0.3, 0.4) is 0 Å². The van der Waals surface area contributed by atoms with Gasteiger partial charge in [-0.3, -0.25) is 14.6 Å². The molecule has 1 aliphatic carbocycles. The normalized spacial score (nSPS) is 17.2. The first kappa shape index (κ1) is 10.6. The summed E-state index contributed by atoms with van der Waals surface area (Å²) >= 11 is 0. The summed E-state index contributed by atoms with van der Waals surface area (Å²) in [5.41, 5.74) is -0.699. The van der Waals surface area contributed by atoms with Gasteiger partial charge in [-0.1, -0.05) is 6.42 Å². The summed E-state index contributed by atoms with van der Waals surface area (Å²) in [6.07, 6.45) is 4.69. The first-order valence-corrected chi connectivity index (χ1v) is 5.10. The van der Waals surface area contributed by atoms with Crippen LogP contribution in [0.15, 0.2) is 24.5 Å². The predicted molar refractivity (Wildman–Crippen MR) is 56.8 cm³/mol. The average Bonchev–Trinajstić information content (AvgIpc) is 2.16. The fourth-order valence-electron chi connectivity index (χ4n) is 1.76. The van der Waals surface area contributed by atoms with E-state index in [4.69, 9.17) is 5.11 Å². The quantitative estimate of drug-likeness (QED) is 0.752. The maximum absolute atomic E-state index is 11.8. The lowest BCUT2D eigenvalue weighted by atomic mass is 9.68. The van der Waals surface area contributed by atoms with Gasteiger partial charge in [0.1, 0.15) is 5.41 Å². The van der Waals surface area contributed by atoms with Crippen LogP contribution >= 0.6 is 0 Å². The van der Waals surface area contributed by atoms with Crippen molar-refractivity contribution in [2.24, 2.45) is 5.41 Å². The van der Waals surface area contributed by atoms with Crippen molar-refractivity contribution >= 4 is 17.6 Å². The largest absolute Gasteiger partial charge is 0.480 e. The number of aliphatic carboxylic acids is 1. The number of amides is 1. The van der Waals surface area contributed by atoms with Crippen molar-refractivity contribution in [3.63, 3.8) is 0 Å². The topological polar surface area (TPSA) is 79.3 Å². The van der Waals surface area contributed by atoms with Crippen molar-refractivity contribution in [1.82, 2.24) is 4.98 Å². The van der Waals surface area contributed by atoms with Gasteiger partial charge in [0.15, 0.2) is 0 Å². The summed E-state index contributed by atoms with van der Waals surface area (Å²) in [5, 5.41) is 11.6. The van der Waals surface area contributed by atoms with Crippen LogP contribution < -0.4 is 5.32 Å². The molecule has 1 heterocycles. The summed E-state index contributed by atoms with van der Waals surface area (Å²) in [6.45, 7) is 0. The average molecular weight is 220 g/mol. The Labute approximate surface area is 92.5 Å². The van der Waals surface area contributed by atoms with Gasteiger partial charge >= 0.3 is 5.97 Å². The zero-order valence-corrected chi connectivity index (χ0v) is 8.64. The highest BCUT2D eigenvalue weighted by Crippen LogP contribution is 2.42. The number of aromatic nitrogens is 1. The van der Waals surface area contributed by atoms with E-state index in [1.54, 1.807) is 18.3 Å². The van der Waals surface area contributed by atoms with Crippen LogP contribution in [0, 0.1) is 5.41 Å². The zero-order valence-electron chi connectivity index (χ0n) is 8.64. The van der Waals surface area contributed by atoms with Crippen molar-refractivity contribution in [2.75, 3.05) is 5.32 Å². The van der Waals surface area contributed by atoms with Gasteiger partial charge < -0.3 is 10.4 Å². The molecule has 0 radical (unpaired) electrons. The molecule has 84 valence electrons. The zero-order chi connectivity index (χ0) is 11.6. The number of carboxylic acids is 1. The number of anilines is 1. The number of carboxylic acid groups (broad SMARTS) is 1. The molecule has 0 aromatic carbocycles. The molecule has 1 aromatic heterocycles. The Morgan fingerprint density at radius 2 is 2.19 bits per heavy atom. The van der Waals surface area contributed by atoms with Gasteiger partial charge in [-0.05, 0) is 25.0 Å². The van der Waals surface area contributed by atoms with Gasteiger partial charge in [-0.15, -0.1) is 0 Å². The highest BCUT2D eigenvalue weighted by molar-refractivity contribution is 6.09. The molecule has 1 aromatic rings. The minimum Gasteiger partial charge on any atom is -0.480 e. The Balaban J connectivity index is 2.11. The summed E-state index contributed by atoms with van der Waals surface area (Å²) in [6, 6.07) is 3.36. The molecule has 5 heteroatoms. The smallest absolute Gasteiger partial charge is 0.319 e. The molecule has 1 saturated carbocycles. The van der Waals surface area contributed by atoms with Crippen LogP contribution in [0.4, 0.5) is 5.69 Å². The van der Waals surface area contributed by atoms with E-state index in [1.165, 1.54) is 6.20 Å². The van der Waals surface area contributed by atoms with Crippen LogP contribution in [0.5, 0.6) is 0 Å². The molecule has 0 unspecified atom stereocenters. The van der Waals surface area contributed by atoms with E-state index in [2.05, 4.69) is 10.3 Å². The second kappa shape index (κ2) is 3.92. The Morgan fingerprint density at radius 1 is 1.44 bits per heavy atom. The molecule has 16 heavy (non-hydrogen) atoms. The first-order valence-electron chi connectivity index (χ1n) is 5.10. The van der Waals surface area contributed by atoms with Gasteiger partial charge in [0.25, 0.3) is 0 Å². The molecular weight excluding hydrogens is 208 g/mol. The second-order valence-electron chi connectivity index (χ2n) is 3.94. The minimum absolute atomic E-state index is 0.411. The molecule has 0 aliphatic heterocycles. The third-order valence-corrected chi connectivity index (χ3v) is 2.97. The standard InChI is InChI=1S/C11H12N2O3/c14-9(11(10(15)16)4-2-5-11)13-8-3-1-6-12-7-8/h1,3,6-7H,2,4-5H2,(H,13,14)(H,15,16). The summed E-state index contributed by atoms with van der Waals surface area (Å²) in [7, 11) is 0. The molecule has 1 fully saturated rings. The van der Waals surface area contributed by atoms with Crippen LogP contribution in [-0.4, -0.2) is 22.0 Å². The first-order chi connectivity index (χ1) is 7.65. The maximum Gasteiger partial charge on any atom is 0.319 e. The van der Waals surface area contributed by atoms with Crippen molar-refractivity contribution < 1.29 is 14.7 Å². The highest BCUT2D eigenvalue weighted by atomic mass is 16.4. The number of hydrogen-bond donors (Lipinski definition) is 2. The summed E-state index contributed by atoms with van der Waals surface area (Å²) in [5.74, 6) is -1.49. The van der Waals surface area contributed by atoms with Gasteiger partial charge in [0.2, 0.25) is 5.91 Å². The molecule has 0 atom stereocenters. The molecule has 0 spiro atoms. The van der Waals surface area contributed by atoms with E-state index >= 15 is 0 Å². The van der Waals surface area contributed by atoms with Crippen molar-refractivity contribution in [3.8, 4) is 0 Å². The van der Waals surface area contributed by atoms with Crippen LogP contribution in [-0.2, 0) is 9.59 Å². The fourth-order valence-corrected chi connectivity index (χ4v) is 1.76. The highest BCUT2D eigenvalue weighted by Gasteiger charge is 2.51. The van der Waals surface area contributed by atoms with Gasteiger partial charge in [-0.2, -0.15) is 0 Å². The van der Waals surface area contributed by atoms with E-state index in [1.807, 2.05) is 0 Å². The Hall–Kier alpha value is -1.91. The third-order valence-electron chi connectivity index (χ3n) is 2.97. The van der Waals surface area contributed by atoms with E-state index in [-0.39, 0.29) is 0 Å². The Morgan fingerprint density at radius 3 is 2.62 bits per heavy atom. The summed E-state index contributed by atoms with van der Waals surface area (Å²) < 4.78 is 0. The molecule has 0 bridgehead atoms. The number of pyridine rings is 1. The molecule has 2 N–H and O–H groups in total. The molecule has 1 aliphatic rings. The molecule has 0 saturated heterocycles. The second-order valence-corrected chi connectivity index (χ2v) is 3.94. The lowest BCUT2D eigenvalue weighted by molar-refractivity contribution is -0.159. The lowest BCUT2D eigenvalue weighted by Crippen LogP contribution is -2.48. The van der Waals surface area contributed by atoms with Crippen molar-refractivity contribution in [3.05, 3.63) is 24.5 Å². The number of nitrogens with one attached hydrogen (secondary N) is 1. The number of nitrogens with zero attached hydrogens (tertiary/aromatic N) is 1. The van der Waals surface area contributed by atoms with E-state index in [0.717, 1.165) is 6.42 Å². The predicted octanol–water partition coefficient (Wildman–Crippen LogP) is 1.27. The minimum atomic E-state index is -1.23. The third kappa shape index (κ3) is 1.64. The Kier molecular flexibility index (Phi) is 2.60. The van der Waals surface area contributed by atoms with Gasteiger partial charge in [0, 0.05) is 6.20 Å². The van der Waals surface area contributed by atoms with Crippen molar-refractivity contribution in [1.29, 1.82) is 0 Å². The van der Waals surface area contributed by atoms with E-state index < -0.39 is 17.3 Å². The molecule has 2 rings (SSSR count). The maximum atomic E-state index is 11.8. The van der Waals surface area contributed by atoms with Crippen LogP contribution in [0.25, 0.3) is 0 Å². The van der Waals surface area contributed by atoms with Crippen LogP contribution in [0.1, 0.15) is 19.3 Å². The molecular formula is C11H12N2O3. The van der Waals surface area contributed by atoms with E-state index in [9.17, 15) is 9.59 Å². The monoisotopic (exact) mass is 220 g/mol. The van der Waals surface area contributed by atoms with E-state index in [0.29, 0.717) is 18.5 Å². The van der Waals surface area contributed by atoms with Gasteiger partial charge in [-0.25, -0.2) is 0 Å². The molecule has 1 amide bonds. The lowest BCUT2D eigenvalue weighted by Gasteiger charge is -2.35. The Bertz CT molecular complexity index is 412. The number of carbonyl (C=O) groups excluding carboxylic acids is 1. The number of rotatable bonds is 3. The summed E-state index contributed by atoms with van der Waals surface area (Å²) in [4.78, 5) is 26.7. The van der Waals surface area contributed by atoms with Crippen LogP contribution in [0.2, 0.25) is 0 Å². The SMILES string of the molecule is O=C(O)C1(C(=O)Nc2cccnc2)CCC1. The molecule has 5 nitrogen and oxygen atoms in total. The number of hydrogen-bond acceptors (Lipinski definition) is 3.